The van der Waals surface area contributed by atoms with Crippen LogP contribution in [0.1, 0.15) is 17.0 Å². The second-order valence-corrected chi connectivity index (χ2v) is 7.76. The Hall–Kier alpha value is -2.96. The lowest BCUT2D eigenvalue weighted by atomic mass is 10.2. The molecule has 2 aromatic carbocycles. The molecule has 1 aromatic heterocycles. The lowest BCUT2D eigenvalue weighted by Crippen LogP contribution is -2.42. The number of rotatable bonds is 4. The van der Waals surface area contributed by atoms with Crippen LogP contribution in [0.15, 0.2) is 53.6 Å². The summed E-state index contributed by atoms with van der Waals surface area (Å²) in [6.07, 6.45) is 0.832. The highest BCUT2D eigenvalue weighted by Crippen LogP contribution is 2.31. The van der Waals surface area contributed by atoms with E-state index in [1.807, 2.05) is 48.7 Å². The quantitative estimate of drug-likeness (QED) is 0.469. The smallest absolute Gasteiger partial charge is 0.284 e. The Morgan fingerprint density at radius 1 is 1.13 bits per heavy atom. The van der Waals surface area contributed by atoms with Gasteiger partial charge in [-0.25, -0.2) is 5.43 Å². The number of nitrogens with zero attached hydrogens (tertiary/aromatic N) is 2. The third-order valence-electron chi connectivity index (χ3n) is 4.76. The third-order valence-corrected chi connectivity index (χ3v) is 5.19. The van der Waals surface area contributed by atoms with E-state index in [1.165, 1.54) is 0 Å². The third kappa shape index (κ3) is 4.15. The molecule has 154 valence electrons. The molecule has 1 amide bonds. The first kappa shape index (κ1) is 20.3. The number of hydrogen-bond donors (Lipinski definition) is 1. The molecule has 3 aromatic rings. The molecule has 1 aliphatic heterocycles. The van der Waals surface area contributed by atoms with Crippen molar-refractivity contribution >= 4 is 35.3 Å². The van der Waals surface area contributed by atoms with Crippen LogP contribution in [0.25, 0.3) is 5.69 Å². The minimum atomic E-state index is -0.766. The number of halogens is 2. The van der Waals surface area contributed by atoms with Crippen LogP contribution in [0.4, 0.5) is 0 Å². The van der Waals surface area contributed by atoms with Crippen LogP contribution in [0.5, 0.6) is 11.5 Å². The minimum Gasteiger partial charge on any atom is -0.485 e. The van der Waals surface area contributed by atoms with Crippen molar-refractivity contribution in [1.29, 1.82) is 0 Å². The number of benzene rings is 2. The van der Waals surface area contributed by atoms with Gasteiger partial charge in [0.25, 0.3) is 5.91 Å². The van der Waals surface area contributed by atoms with E-state index in [-0.39, 0.29) is 12.5 Å². The molecule has 0 spiro atoms. The molecule has 0 bridgehead atoms. The zero-order valence-corrected chi connectivity index (χ0v) is 17.9. The molecule has 0 fully saturated rings. The number of hydrogen-bond acceptors (Lipinski definition) is 4. The van der Waals surface area contributed by atoms with Crippen molar-refractivity contribution in [1.82, 2.24) is 9.99 Å². The predicted molar refractivity (Wildman–Crippen MR) is 117 cm³/mol. The summed E-state index contributed by atoms with van der Waals surface area (Å²) >= 11 is 12.3. The first-order chi connectivity index (χ1) is 14.4. The summed E-state index contributed by atoms with van der Waals surface area (Å²) in [7, 11) is 0. The molecule has 0 aliphatic carbocycles. The topological polar surface area (TPSA) is 64.8 Å². The summed E-state index contributed by atoms with van der Waals surface area (Å²) in [6, 6.07) is 14.6. The van der Waals surface area contributed by atoms with Crippen molar-refractivity contribution in [2.45, 2.75) is 20.0 Å². The number of carbonyl (C=O) groups is 1. The molecule has 4 rings (SSSR count). The van der Waals surface area contributed by atoms with E-state index in [0.29, 0.717) is 21.5 Å². The van der Waals surface area contributed by atoms with E-state index in [0.717, 1.165) is 22.6 Å². The van der Waals surface area contributed by atoms with Crippen molar-refractivity contribution < 1.29 is 14.3 Å². The number of para-hydroxylation sites is 2. The van der Waals surface area contributed by atoms with Crippen LogP contribution in [0.3, 0.4) is 0 Å². The molecule has 2 heterocycles. The molecule has 0 radical (unpaired) electrons. The largest absolute Gasteiger partial charge is 0.485 e. The van der Waals surface area contributed by atoms with Gasteiger partial charge in [0.1, 0.15) is 6.61 Å². The molecule has 0 unspecified atom stereocenters. The van der Waals surface area contributed by atoms with Gasteiger partial charge in [0.2, 0.25) is 6.10 Å². The highest BCUT2D eigenvalue weighted by molar-refractivity contribution is 6.34. The summed E-state index contributed by atoms with van der Waals surface area (Å²) < 4.78 is 13.3. The van der Waals surface area contributed by atoms with Crippen LogP contribution in [-0.4, -0.2) is 29.4 Å². The van der Waals surface area contributed by atoms with Gasteiger partial charge in [0, 0.05) is 32.7 Å². The lowest BCUT2D eigenvalue weighted by Gasteiger charge is -2.24. The second kappa shape index (κ2) is 8.42. The minimum absolute atomic E-state index is 0.127. The average molecular weight is 444 g/mol. The molecule has 0 saturated carbocycles. The highest BCUT2D eigenvalue weighted by Gasteiger charge is 2.27. The fraction of sp³-hybridized carbons (Fsp3) is 0.182. The number of amides is 1. The molecule has 1 atom stereocenters. The SMILES string of the molecule is Cc1cc(/C=N\NC(=O)[C@@H]2COc3ccccc3O2)c(C)n1-c1cc(Cl)cc(Cl)c1. The molecule has 1 aliphatic rings. The molecule has 6 nitrogen and oxygen atoms in total. The Kier molecular flexibility index (Phi) is 5.70. The van der Waals surface area contributed by atoms with Gasteiger partial charge in [-0.1, -0.05) is 35.3 Å². The molecular formula is C22H19Cl2N3O3. The second-order valence-electron chi connectivity index (χ2n) is 6.89. The van der Waals surface area contributed by atoms with Crippen LogP contribution in [0.2, 0.25) is 10.0 Å². The number of aromatic nitrogens is 1. The van der Waals surface area contributed by atoms with Crippen molar-refractivity contribution in [2.75, 3.05) is 6.61 Å². The predicted octanol–water partition coefficient (Wildman–Crippen LogP) is 4.69. The summed E-state index contributed by atoms with van der Waals surface area (Å²) in [5.41, 5.74) is 6.16. The maximum absolute atomic E-state index is 12.4. The fourth-order valence-electron chi connectivity index (χ4n) is 3.37. The van der Waals surface area contributed by atoms with Crippen molar-refractivity contribution in [3.63, 3.8) is 0 Å². The normalized spacial score (nSPS) is 15.4. The number of ether oxygens (including phenoxy) is 2. The summed E-state index contributed by atoms with van der Waals surface area (Å²) in [6.45, 7) is 4.06. The van der Waals surface area contributed by atoms with Crippen LogP contribution in [0, 0.1) is 13.8 Å². The van der Waals surface area contributed by atoms with E-state index >= 15 is 0 Å². The van der Waals surface area contributed by atoms with Gasteiger partial charge in [-0.15, -0.1) is 0 Å². The van der Waals surface area contributed by atoms with Crippen LogP contribution >= 0.6 is 23.2 Å². The molecular weight excluding hydrogens is 425 g/mol. The van der Waals surface area contributed by atoms with E-state index in [9.17, 15) is 4.79 Å². The summed E-state index contributed by atoms with van der Waals surface area (Å²) in [5.74, 6) is 0.784. The van der Waals surface area contributed by atoms with Gasteiger partial charge >= 0.3 is 0 Å². The van der Waals surface area contributed by atoms with Crippen LogP contribution < -0.4 is 14.9 Å². The maximum atomic E-state index is 12.4. The van der Waals surface area contributed by atoms with Crippen LogP contribution in [-0.2, 0) is 4.79 Å². The Morgan fingerprint density at radius 2 is 1.83 bits per heavy atom. The van der Waals surface area contributed by atoms with Gasteiger partial charge in [-0.05, 0) is 50.2 Å². The lowest BCUT2D eigenvalue weighted by molar-refractivity contribution is -0.130. The number of nitrogens with one attached hydrogen (secondary N) is 1. The average Bonchev–Trinajstić information content (AvgIpc) is 3.00. The van der Waals surface area contributed by atoms with Gasteiger partial charge in [-0.2, -0.15) is 5.10 Å². The fourth-order valence-corrected chi connectivity index (χ4v) is 3.88. The maximum Gasteiger partial charge on any atom is 0.284 e. The zero-order chi connectivity index (χ0) is 21.3. The zero-order valence-electron chi connectivity index (χ0n) is 16.4. The van der Waals surface area contributed by atoms with Crippen molar-refractivity contribution in [3.05, 3.63) is 75.5 Å². The standard InChI is InChI=1S/C22H19Cl2N3O3/c1-13-7-15(14(2)27(13)18-9-16(23)8-17(24)10-18)11-25-26-22(28)21-12-29-19-5-3-4-6-20(19)30-21/h3-11,21H,12H2,1-2H3,(H,26,28)/b25-11-/t21-/m0/s1. The molecule has 1 N–H and O–H groups in total. The molecule has 30 heavy (non-hydrogen) atoms. The van der Waals surface area contributed by atoms with Crippen molar-refractivity contribution in [2.24, 2.45) is 5.10 Å². The number of carbonyl (C=O) groups excluding carboxylic acids is 1. The Bertz CT molecular complexity index is 1120. The monoisotopic (exact) mass is 443 g/mol. The number of fused-ring (bicyclic) bond motifs is 1. The number of hydrazone groups is 1. The Labute approximate surface area is 184 Å². The van der Waals surface area contributed by atoms with Gasteiger partial charge in [0.15, 0.2) is 11.5 Å². The first-order valence-corrected chi connectivity index (χ1v) is 10.0. The van der Waals surface area contributed by atoms with Gasteiger partial charge in [-0.3, -0.25) is 4.79 Å². The Morgan fingerprint density at radius 3 is 2.57 bits per heavy atom. The van der Waals surface area contributed by atoms with E-state index in [2.05, 4.69) is 10.5 Å². The number of aryl methyl sites for hydroxylation is 1. The van der Waals surface area contributed by atoms with Crippen molar-refractivity contribution in [3.8, 4) is 17.2 Å². The molecule has 0 saturated heterocycles. The first-order valence-electron chi connectivity index (χ1n) is 9.29. The van der Waals surface area contributed by atoms with Gasteiger partial charge in [0.05, 0.1) is 6.21 Å². The van der Waals surface area contributed by atoms with Gasteiger partial charge < -0.3 is 14.0 Å². The highest BCUT2D eigenvalue weighted by atomic mass is 35.5. The molecule has 8 heteroatoms. The van der Waals surface area contributed by atoms with E-state index < -0.39 is 6.10 Å². The van der Waals surface area contributed by atoms with E-state index in [1.54, 1.807) is 24.4 Å². The summed E-state index contributed by atoms with van der Waals surface area (Å²) in [5, 5.41) is 5.21. The van der Waals surface area contributed by atoms with E-state index in [4.69, 9.17) is 32.7 Å². The summed E-state index contributed by atoms with van der Waals surface area (Å²) in [4.78, 5) is 12.4. The Balaban J connectivity index is 1.47.